The lowest BCUT2D eigenvalue weighted by molar-refractivity contribution is -0.231. The monoisotopic (exact) mass is 378 g/mol. The summed E-state index contributed by atoms with van der Waals surface area (Å²) in [5.41, 5.74) is 1.75. The zero-order chi connectivity index (χ0) is 18.3. The molecule has 5 rings (SSSR count). The molecule has 1 aromatic rings. The van der Waals surface area contributed by atoms with Crippen LogP contribution in [0, 0.1) is 17.8 Å². The number of carbonyl (C=O) groups is 1. The zero-order valence-corrected chi connectivity index (χ0v) is 16.3. The van der Waals surface area contributed by atoms with Crippen LogP contribution in [0.15, 0.2) is 18.2 Å². The minimum atomic E-state index is -0.745. The van der Waals surface area contributed by atoms with Gasteiger partial charge in [0.2, 0.25) is 0 Å². The van der Waals surface area contributed by atoms with E-state index in [2.05, 4.69) is 0 Å². The van der Waals surface area contributed by atoms with Crippen molar-refractivity contribution >= 4 is 16.8 Å². The summed E-state index contributed by atoms with van der Waals surface area (Å²) in [6.45, 7) is 1.67. The Kier molecular flexibility index (Phi) is 5.02. The van der Waals surface area contributed by atoms with Gasteiger partial charge in [-0.2, -0.15) is 0 Å². The van der Waals surface area contributed by atoms with Gasteiger partial charge in [0.15, 0.2) is 0 Å². The molecule has 0 heterocycles. The maximum Gasteiger partial charge on any atom is 0.315 e. The molecule has 0 saturated heterocycles. The van der Waals surface area contributed by atoms with Crippen molar-refractivity contribution in [3.8, 4) is 5.75 Å². The summed E-state index contributed by atoms with van der Waals surface area (Å²) < 4.78 is 16.9. The largest absolute Gasteiger partial charge is 0.441 e. The van der Waals surface area contributed by atoms with E-state index >= 15 is 0 Å². The van der Waals surface area contributed by atoms with Gasteiger partial charge in [0.25, 0.3) is 5.24 Å². The zero-order valence-electron chi connectivity index (χ0n) is 15.5. The van der Waals surface area contributed by atoms with Gasteiger partial charge in [-0.15, -0.1) is 0 Å². The first-order chi connectivity index (χ1) is 12.5. The van der Waals surface area contributed by atoms with Gasteiger partial charge in [0.1, 0.15) is 5.75 Å². The SMILES string of the molecule is CCOC(OC)Oc1ccc(C(=O)Cl)cc1C12CC3CC(CC(C3)C1)C2. The summed E-state index contributed by atoms with van der Waals surface area (Å²) in [5.74, 6) is 3.16. The molecule has 0 spiro atoms. The third-order valence-electron chi connectivity index (χ3n) is 6.53. The Bertz CT molecular complexity index is 651. The molecule has 4 bridgehead atoms. The van der Waals surface area contributed by atoms with Crippen LogP contribution in [0.1, 0.15) is 61.4 Å². The predicted octanol–water partition coefficient (Wildman–Crippen LogP) is 4.88. The van der Waals surface area contributed by atoms with Crippen LogP contribution in [0.2, 0.25) is 0 Å². The second-order valence-corrected chi connectivity index (χ2v) is 8.62. The normalized spacial score (nSPS) is 33.3. The molecule has 0 aliphatic heterocycles. The third kappa shape index (κ3) is 3.28. The molecule has 1 atom stereocenters. The third-order valence-corrected chi connectivity index (χ3v) is 6.75. The van der Waals surface area contributed by atoms with E-state index in [9.17, 15) is 4.79 Å². The minimum absolute atomic E-state index is 0.0942. The first kappa shape index (κ1) is 18.3. The Labute approximate surface area is 160 Å². The van der Waals surface area contributed by atoms with Crippen LogP contribution in [0.5, 0.6) is 5.75 Å². The van der Waals surface area contributed by atoms with Crippen LogP contribution in [-0.2, 0) is 14.9 Å². The quantitative estimate of drug-likeness (QED) is 0.501. The number of hydrogen-bond acceptors (Lipinski definition) is 4. The Morgan fingerprint density at radius 3 is 2.31 bits per heavy atom. The summed E-state index contributed by atoms with van der Waals surface area (Å²) in [6.07, 6.45) is 7.64. The smallest absolute Gasteiger partial charge is 0.315 e. The van der Waals surface area contributed by atoms with Crippen molar-refractivity contribution in [1.82, 2.24) is 0 Å². The summed E-state index contributed by atoms with van der Waals surface area (Å²) in [6, 6.07) is 5.54. The van der Waals surface area contributed by atoms with Gasteiger partial charge < -0.3 is 14.2 Å². The molecule has 4 aliphatic carbocycles. The first-order valence-electron chi connectivity index (χ1n) is 9.68. The maximum absolute atomic E-state index is 11.8. The molecule has 5 heteroatoms. The molecule has 1 aromatic carbocycles. The fourth-order valence-electron chi connectivity index (χ4n) is 6.00. The minimum Gasteiger partial charge on any atom is -0.441 e. The van der Waals surface area contributed by atoms with Crippen LogP contribution in [0.4, 0.5) is 0 Å². The molecule has 4 saturated carbocycles. The summed E-state index contributed by atoms with van der Waals surface area (Å²) in [4.78, 5) is 11.8. The highest BCUT2D eigenvalue weighted by molar-refractivity contribution is 6.67. The van der Waals surface area contributed by atoms with Crippen molar-refractivity contribution in [1.29, 1.82) is 0 Å². The Morgan fingerprint density at radius 2 is 1.81 bits per heavy atom. The number of halogens is 1. The van der Waals surface area contributed by atoms with Gasteiger partial charge in [-0.1, -0.05) is 0 Å². The molecule has 1 unspecified atom stereocenters. The van der Waals surface area contributed by atoms with E-state index in [1.165, 1.54) is 38.5 Å². The van der Waals surface area contributed by atoms with Gasteiger partial charge in [-0.05, 0) is 98.4 Å². The van der Waals surface area contributed by atoms with E-state index in [0.717, 1.165) is 29.1 Å². The Balaban J connectivity index is 1.73. The second-order valence-electron chi connectivity index (χ2n) is 8.28. The summed E-state index contributed by atoms with van der Waals surface area (Å²) in [7, 11) is 1.57. The molecule has 142 valence electrons. The predicted molar refractivity (Wildman–Crippen MR) is 99.5 cm³/mol. The van der Waals surface area contributed by atoms with Gasteiger partial charge in [0, 0.05) is 18.2 Å². The topological polar surface area (TPSA) is 44.8 Å². The fraction of sp³-hybridized carbons (Fsp3) is 0.667. The molecule has 4 fully saturated rings. The Morgan fingerprint density at radius 1 is 1.19 bits per heavy atom. The lowest BCUT2D eigenvalue weighted by Gasteiger charge is -2.57. The van der Waals surface area contributed by atoms with E-state index in [-0.39, 0.29) is 5.41 Å². The lowest BCUT2D eigenvalue weighted by Crippen LogP contribution is -2.48. The van der Waals surface area contributed by atoms with E-state index in [1.807, 2.05) is 19.1 Å². The number of ether oxygens (including phenoxy) is 3. The van der Waals surface area contributed by atoms with Crippen molar-refractivity contribution in [3.05, 3.63) is 29.3 Å². The van der Waals surface area contributed by atoms with Gasteiger partial charge in [-0.25, -0.2) is 0 Å². The molecule has 26 heavy (non-hydrogen) atoms. The molecule has 4 nitrogen and oxygen atoms in total. The van der Waals surface area contributed by atoms with Crippen LogP contribution < -0.4 is 4.74 Å². The van der Waals surface area contributed by atoms with E-state index in [0.29, 0.717) is 12.2 Å². The standard InChI is InChI=1S/C21H27ClO4/c1-3-25-20(24-2)26-18-5-4-16(19(22)23)9-17(18)21-10-13-6-14(11-21)8-15(7-13)12-21/h4-5,9,13-15,20H,3,6-8,10-12H2,1-2H3. The number of rotatable bonds is 7. The molecule has 0 amide bonds. The second kappa shape index (κ2) is 7.14. The van der Waals surface area contributed by atoms with Crippen molar-refractivity contribution in [2.75, 3.05) is 13.7 Å². The highest BCUT2D eigenvalue weighted by Gasteiger charge is 2.52. The molecular weight excluding hydrogens is 352 g/mol. The molecule has 0 N–H and O–H groups in total. The van der Waals surface area contributed by atoms with Gasteiger partial charge in [0.05, 0.1) is 6.61 Å². The van der Waals surface area contributed by atoms with Crippen molar-refractivity contribution in [2.45, 2.75) is 57.3 Å². The van der Waals surface area contributed by atoms with E-state index in [1.54, 1.807) is 13.2 Å². The molecular formula is C21H27ClO4. The molecule has 0 radical (unpaired) electrons. The van der Waals surface area contributed by atoms with Crippen molar-refractivity contribution in [3.63, 3.8) is 0 Å². The molecule has 0 aromatic heterocycles. The highest BCUT2D eigenvalue weighted by atomic mass is 35.5. The van der Waals surface area contributed by atoms with Crippen molar-refractivity contribution < 1.29 is 19.0 Å². The van der Waals surface area contributed by atoms with Crippen LogP contribution >= 0.6 is 11.6 Å². The van der Waals surface area contributed by atoms with Gasteiger partial charge >= 0.3 is 6.48 Å². The average Bonchev–Trinajstić information content (AvgIpc) is 2.60. The summed E-state index contributed by atoms with van der Waals surface area (Å²) >= 11 is 5.79. The van der Waals surface area contributed by atoms with E-state index < -0.39 is 11.7 Å². The lowest BCUT2D eigenvalue weighted by atomic mass is 9.48. The number of carbonyl (C=O) groups excluding carboxylic acids is 1. The van der Waals surface area contributed by atoms with Gasteiger partial charge in [-0.3, -0.25) is 4.79 Å². The number of hydrogen-bond donors (Lipinski definition) is 0. The van der Waals surface area contributed by atoms with Crippen LogP contribution in [0.25, 0.3) is 0 Å². The molecule has 4 aliphatic rings. The fourth-order valence-corrected chi connectivity index (χ4v) is 6.12. The van der Waals surface area contributed by atoms with E-state index in [4.69, 9.17) is 25.8 Å². The van der Waals surface area contributed by atoms with Crippen LogP contribution in [-0.4, -0.2) is 25.4 Å². The highest BCUT2D eigenvalue weighted by Crippen LogP contribution is 2.62. The first-order valence-corrected chi connectivity index (χ1v) is 10.1. The van der Waals surface area contributed by atoms with Crippen LogP contribution in [0.3, 0.4) is 0 Å². The number of methoxy groups -OCH3 is 1. The summed E-state index contributed by atoms with van der Waals surface area (Å²) in [5, 5.41) is -0.421. The average molecular weight is 379 g/mol. The maximum atomic E-state index is 11.8. The Hall–Kier alpha value is -1.10. The van der Waals surface area contributed by atoms with Crippen molar-refractivity contribution in [2.24, 2.45) is 17.8 Å². The number of benzene rings is 1.